The molecule has 0 radical (unpaired) electrons. The van der Waals surface area contributed by atoms with Crippen molar-refractivity contribution in [2.75, 3.05) is 7.11 Å². The van der Waals surface area contributed by atoms with Gasteiger partial charge < -0.3 is 9.84 Å². The van der Waals surface area contributed by atoms with E-state index in [1.165, 1.54) is 7.11 Å². The van der Waals surface area contributed by atoms with E-state index in [4.69, 9.17) is 11.2 Å². The number of fused-ring (bicyclic) bond motifs is 2. The zero-order valence-electron chi connectivity index (χ0n) is 12.1. The molecule has 1 N–H and O–H groups in total. The topological polar surface area (TPSA) is 46.5 Å². The van der Waals surface area contributed by atoms with Crippen LogP contribution in [0.4, 0.5) is 0 Å². The number of Topliss-reactive ketones (excluding diaryl/α,β-unsaturated/α-hetero) is 1. The Morgan fingerprint density at radius 2 is 2.00 bits per heavy atom. The highest BCUT2D eigenvalue weighted by atomic mass is 16.5. The highest BCUT2D eigenvalue weighted by molar-refractivity contribution is 5.93. The third-order valence-electron chi connectivity index (χ3n) is 4.91. The smallest absolute Gasteiger partial charge is 0.192 e. The van der Waals surface area contributed by atoms with Gasteiger partial charge in [-0.2, -0.15) is 0 Å². The van der Waals surface area contributed by atoms with Crippen LogP contribution in [0.5, 0.6) is 0 Å². The van der Waals surface area contributed by atoms with E-state index >= 15 is 0 Å². The third-order valence-corrected chi connectivity index (χ3v) is 4.91. The normalized spacial score (nSPS) is 37.8. The van der Waals surface area contributed by atoms with Crippen LogP contribution in [0.2, 0.25) is 0 Å². The van der Waals surface area contributed by atoms with E-state index in [1.54, 1.807) is 6.08 Å². The fourth-order valence-corrected chi connectivity index (χ4v) is 3.87. The van der Waals surface area contributed by atoms with Gasteiger partial charge in [-0.3, -0.25) is 4.79 Å². The minimum atomic E-state index is -1.66. The van der Waals surface area contributed by atoms with Gasteiger partial charge in [0.25, 0.3) is 0 Å². The van der Waals surface area contributed by atoms with Crippen LogP contribution in [0.3, 0.4) is 0 Å². The van der Waals surface area contributed by atoms with Gasteiger partial charge in [0.2, 0.25) is 0 Å². The lowest BCUT2D eigenvalue weighted by molar-refractivity contribution is -0.130. The Bertz CT molecular complexity index is 640. The maximum absolute atomic E-state index is 12.7. The average Bonchev–Trinajstić information content (AvgIpc) is 2.70. The number of benzene rings is 1. The highest BCUT2D eigenvalue weighted by Gasteiger charge is 2.61. The number of ether oxygens (including phenoxy) is 1. The molecule has 1 fully saturated rings. The fraction of sp³-hybridized carbons (Fsp3) is 0.389. The Labute approximate surface area is 124 Å². The van der Waals surface area contributed by atoms with Crippen LogP contribution in [0.25, 0.3) is 0 Å². The van der Waals surface area contributed by atoms with Gasteiger partial charge in [0.1, 0.15) is 11.5 Å². The SMILES string of the molecule is C#C[C@]1(O)C(OC)=C[C@@H]2C(=O)[C@H]1[C@H](c1ccccc1)[C@H]2C. The predicted octanol–water partition coefficient (Wildman–Crippen LogP) is 2.13. The fourth-order valence-electron chi connectivity index (χ4n) is 3.87. The third kappa shape index (κ3) is 1.76. The Morgan fingerprint density at radius 3 is 2.57 bits per heavy atom. The largest absolute Gasteiger partial charge is 0.497 e. The molecule has 3 heteroatoms. The van der Waals surface area contributed by atoms with Crippen molar-refractivity contribution in [2.24, 2.45) is 17.8 Å². The van der Waals surface area contributed by atoms with Crippen molar-refractivity contribution in [1.29, 1.82) is 0 Å². The monoisotopic (exact) mass is 282 g/mol. The van der Waals surface area contributed by atoms with Crippen molar-refractivity contribution in [3.63, 3.8) is 0 Å². The van der Waals surface area contributed by atoms with Gasteiger partial charge in [0.05, 0.1) is 13.0 Å². The lowest BCUT2D eigenvalue weighted by Gasteiger charge is -2.35. The van der Waals surface area contributed by atoms with Crippen LogP contribution in [-0.2, 0) is 9.53 Å². The van der Waals surface area contributed by atoms with Gasteiger partial charge in [0, 0.05) is 11.8 Å². The zero-order valence-corrected chi connectivity index (χ0v) is 12.1. The summed E-state index contributed by atoms with van der Waals surface area (Å²) in [6.07, 6.45) is 7.26. The second kappa shape index (κ2) is 4.75. The molecular weight excluding hydrogens is 264 g/mol. The Morgan fingerprint density at radius 1 is 1.33 bits per heavy atom. The molecule has 3 rings (SSSR count). The Kier molecular flexibility index (Phi) is 3.15. The van der Waals surface area contributed by atoms with Gasteiger partial charge in [-0.05, 0) is 17.6 Å². The number of methoxy groups -OCH3 is 1. The first-order chi connectivity index (χ1) is 10.0. The van der Waals surface area contributed by atoms with Gasteiger partial charge >= 0.3 is 0 Å². The molecule has 1 aromatic rings. The Balaban J connectivity index is 2.16. The Hall–Kier alpha value is -2.05. The van der Waals surface area contributed by atoms with Crippen LogP contribution in [0.1, 0.15) is 18.4 Å². The summed E-state index contributed by atoms with van der Waals surface area (Å²) in [5.74, 6) is 1.82. The molecule has 5 atom stereocenters. The second-order valence-electron chi connectivity index (χ2n) is 5.85. The van der Waals surface area contributed by atoms with Gasteiger partial charge in [-0.25, -0.2) is 0 Å². The molecule has 0 heterocycles. The summed E-state index contributed by atoms with van der Waals surface area (Å²) in [5, 5.41) is 10.9. The highest BCUT2D eigenvalue weighted by Crippen LogP contribution is 2.55. The number of rotatable bonds is 2. The van der Waals surface area contributed by atoms with Crippen LogP contribution < -0.4 is 0 Å². The summed E-state index contributed by atoms with van der Waals surface area (Å²) < 4.78 is 5.28. The molecule has 108 valence electrons. The molecule has 0 spiro atoms. The van der Waals surface area contributed by atoms with E-state index in [2.05, 4.69) is 5.92 Å². The number of carbonyl (C=O) groups excluding carboxylic acids is 1. The van der Waals surface area contributed by atoms with Crippen molar-refractivity contribution >= 4 is 5.78 Å². The van der Waals surface area contributed by atoms with E-state index in [9.17, 15) is 9.90 Å². The number of allylic oxidation sites excluding steroid dienone is 1. The van der Waals surface area contributed by atoms with Crippen molar-refractivity contribution in [3.05, 3.63) is 47.7 Å². The first-order valence-corrected chi connectivity index (χ1v) is 7.09. The first-order valence-electron chi connectivity index (χ1n) is 7.09. The summed E-state index contributed by atoms with van der Waals surface area (Å²) in [5.41, 5.74) is -0.626. The number of aliphatic hydroxyl groups is 1. The van der Waals surface area contributed by atoms with E-state index < -0.39 is 11.5 Å². The maximum Gasteiger partial charge on any atom is 0.192 e. The zero-order chi connectivity index (χ0) is 15.2. The number of ketones is 1. The summed E-state index contributed by atoms with van der Waals surface area (Å²) in [6.45, 7) is 2.03. The summed E-state index contributed by atoms with van der Waals surface area (Å²) in [7, 11) is 1.48. The van der Waals surface area contributed by atoms with E-state index in [-0.39, 0.29) is 23.5 Å². The van der Waals surface area contributed by atoms with Gasteiger partial charge in [0.15, 0.2) is 5.60 Å². The maximum atomic E-state index is 12.7. The van der Waals surface area contributed by atoms with Gasteiger partial charge in [-0.15, -0.1) is 6.42 Å². The predicted molar refractivity (Wildman–Crippen MR) is 79.2 cm³/mol. The van der Waals surface area contributed by atoms with Crippen molar-refractivity contribution in [2.45, 2.75) is 18.4 Å². The number of hydrogen-bond donors (Lipinski definition) is 1. The molecule has 0 amide bonds. The number of carbonyl (C=O) groups is 1. The van der Waals surface area contributed by atoms with Gasteiger partial charge in [-0.1, -0.05) is 43.2 Å². The standard InChI is InChI=1S/C18H18O3/c1-4-18(20)14(21-3)10-13-11(2)15(16(18)17(13)19)12-8-6-5-7-9-12/h1,5-11,13,15-16,20H,2-3H3/t11-,13-,15-,16+,18-/m0/s1. The molecule has 0 aliphatic heterocycles. The molecule has 2 aliphatic rings. The number of terminal acetylenes is 1. The summed E-state index contributed by atoms with van der Waals surface area (Å²) in [4.78, 5) is 12.7. The molecule has 1 saturated carbocycles. The van der Waals surface area contributed by atoms with Crippen LogP contribution in [0, 0.1) is 30.1 Å². The van der Waals surface area contributed by atoms with E-state index in [0.29, 0.717) is 5.76 Å². The average molecular weight is 282 g/mol. The first kappa shape index (κ1) is 13.9. The lowest BCUT2D eigenvalue weighted by Crippen LogP contribution is -2.46. The molecule has 3 nitrogen and oxygen atoms in total. The molecule has 0 unspecified atom stereocenters. The molecule has 2 aliphatic carbocycles. The van der Waals surface area contributed by atoms with Crippen molar-refractivity contribution < 1.29 is 14.6 Å². The number of hydrogen-bond acceptors (Lipinski definition) is 3. The summed E-state index contributed by atoms with van der Waals surface area (Å²) in [6, 6.07) is 9.78. The lowest BCUT2D eigenvalue weighted by atomic mass is 9.73. The van der Waals surface area contributed by atoms with Crippen molar-refractivity contribution in [1.82, 2.24) is 0 Å². The van der Waals surface area contributed by atoms with Crippen LogP contribution >= 0.6 is 0 Å². The van der Waals surface area contributed by atoms with E-state index in [0.717, 1.165) is 5.56 Å². The molecule has 0 saturated heterocycles. The molecule has 1 aromatic carbocycles. The quantitative estimate of drug-likeness (QED) is 0.845. The molecular formula is C18H18O3. The van der Waals surface area contributed by atoms with Crippen LogP contribution in [0.15, 0.2) is 42.2 Å². The minimum absolute atomic E-state index is 0.0117. The summed E-state index contributed by atoms with van der Waals surface area (Å²) >= 11 is 0. The minimum Gasteiger partial charge on any atom is -0.497 e. The molecule has 0 aromatic heterocycles. The van der Waals surface area contributed by atoms with Crippen LogP contribution in [-0.4, -0.2) is 23.6 Å². The molecule has 21 heavy (non-hydrogen) atoms. The van der Waals surface area contributed by atoms with E-state index in [1.807, 2.05) is 37.3 Å². The second-order valence-corrected chi connectivity index (χ2v) is 5.85. The molecule has 2 bridgehead atoms. The van der Waals surface area contributed by atoms with Crippen molar-refractivity contribution in [3.8, 4) is 12.3 Å².